The number of nitrogens with one attached hydrogen (secondary N) is 3. The van der Waals surface area contributed by atoms with Crippen LogP contribution in [-0.2, 0) is 6.42 Å². The summed E-state index contributed by atoms with van der Waals surface area (Å²) in [6, 6.07) is 9.90. The van der Waals surface area contributed by atoms with Gasteiger partial charge in [-0.15, -0.1) is 0 Å². The quantitative estimate of drug-likeness (QED) is 0.518. The average Bonchev–Trinajstić information content (AvgIpc) is 3.03. The minimum atomic E-state index is -0.190. The summed E-state index contributed by atoms with van der Waals surface area (Å²) in [5, 5.41) is 8.43. The molecule has 1 aliphatic heterocycles. The molecule has 0 spiro atoms. The van der Waals surface area contributed by atoms with Crippen LogP contribution in [0.2, 0.25) is 5.02 Å². The van der Waals surface area contributed by atoms with Crippen LogP contribution in [-0.4, -0.2) is 23.0 Å². The second-order valence-corrected chi connectivity index (χ2v) is 8.86. The minimum absolute atomic E-state index is 0.0548. The van der Waals surface area contributed by atoms with Crippen LogP contribution in [0.1, 0.15) is 47.8 Å². The Morgan fingerprint density at radius 1 is 1.17 bits per heavy atom. The summed E-state index contributed by atoms with van der Waals surface area (Å²) in [5.74, 6) is -0.0548. The first-order chi connectivity index (χ1) is 13.7. The van der Waals surface area contributed by atoms with Crippen LogP contribution in [0.3, 0.4) is 0 Å². The van der Waals surface area contributed by atoms with E-state index in [-0.39, 0.29) is 11.4 Å². The molecule has 0 saturated carbocycles. The highest BCUT2D eigenvalue weighted by atomic mass is 35.5. The number of carbonyl (C=O) groups excluding carboxylic acids is 1. The zero-order valence-corrected chi connectivity index (χ0v) is 18.0. The molecule has 0 unspecified atom stereocenters. The molecule has 0 aliphatic carbocycles. The lowest BCUT2D eigenvalue weighted by Crippen LogP contribution is -2.34. The Bertz CT molecular complexity index is 1140. The minimum Gasteiger partial charge on any atom is -0.376 e. The predicted octanol–water partition coefficient (Wildman–Crippen LogP) is 5.71. The third-order valence-electron chi connectivity index (χ3n) is 5.39. The Hall–Kier alpha value is -2.72. The summed E-state index contributed by atoms with van der Waals surface area (Å²) < 4.78 is 0. The summed E-state index contributed by atoms with van der Waals surface area (Å²) in [6.45, 7) is 8.91. The van der Waals surface area contributed by atoms with Gasteiger partial charge in [-0.3, -0.25) is 4.79 Å². The average molecular weight is 408 g/mol. The van der Waals surface area contributed by atoms with Gasteiger partial charge in [0.25, 0.3) is 5.91 Å². The molecule has 4 rings (SSSR count). The van der Waals surface area contributed by atoms with Crippen LogP contribution in [0, 0.1) is 6.92 Å². The highest BCUT2D eigenvalue weighted by Gasteiger charge is 2.26. The number of allylic oxidation sites excluding steroid dienone is 1. The van der Waals surface area contributed by atoms with E-state index in [0.29, 0.717) is 17.1 Å². The van der Waals surface area contributed by atoms with Crippen LogP contribution in [0.15, 0.2) is 42.6 Å². The number of amides is 1. The van der Waals surface area contributed by atoms with Crippen LogP contribution >= 0.6 is 11.6 Å². The van der Waals surface area contributed by atoms with E-state index in [1.165, 1.54) is 5.57 Å². The number of rotatable bonds is 4. The molecule has 0 saturated heterocycles. The number of fused-ring (bicyclic) bond motifs is 2. The molecule has 3 aromatic rings. The van der Waals surface area contributed by atoms with Crippen molar-refractivity contribution >= 4 is 39.7 Å². The van der Waals surface area contributed by atoms with Crippen molar-refractivity contribution in [3.05, 3.63) is 69.9 Å². The molecular weight excluding hydrogens is 382 g/mol. The van der Waals surface area contributed by atoms with E-state index in [1.807, 2.05) is 37.4 Å². The zero-order valence-electron chi connectivity index (χ0n) is 17.2. The molecule has 0 radical (unpaired) electrons. The first-order valence-corrected chi connectivity index (χ1v) is 10.3. The smallest absolute Gasteiger partial charge is 0.253 e. The first kappa shape index (κ1) is 19.6. The van der Waals surface area contributed by atoms with Gasteiger partial charge in [0.05, 0.1) is 16.8 Å². The van der Waals surface area contributed by atoms with E-state index in [2.05, 4.69) is 48.5 Å². The summed E-state index contributed by atoms with van der Waals surface area (Å²) in [4.78, 5) is 16.3. The number of aryl methyl sites for hydroxylation is 1. The van der Waals surface area contributed by atoms with Crippen molar-refractivity contribution < 1.29 is 4.79 Å². The Morgan fingerprint density at radius 3 is 2.76 bits per heavy atom. The van der Waals surface area contributed by atoms with Crippen molar-refractivity contribution in [2.75, 3.05) is 11.9 Å². The van der Waals surface area contributed by atoms with E-state index < -0.39 is 0 Å². The fourth-order valence-electron chi connectivity index (χ4n) is 4.15. The summed E-state index contributed by atoms with van der Waals surface area (Å²) in [5.41, 5.74) is 6.99. The Morgan fingerprint density at radius 2 is 1.97 bits per heavy atom. The normalized spacial score (nSPS) is 14.9. The van der Waals surface area contributed by atoms with E-state index >= 15 is 0 Å². The maximum Gasteiger partial charge on any atom is 0.253 e. The van der Waals surface area contributed by atoms with Crippen LogP contribution < -0.4 is 10.6 Å². The van der Waals surface area contributed by atoms with Gasteiger partial charge in [0, 0.05) is 34.2 Å². The maximum atomic E-state index is 13.0. The van der Waals surface area contributed by atoms with E-state index in [4.69, 9.17) is 11.6 Å². The molecule has 2 heterocycles. The fraction of sp³-hybridized carbons (Fsp3) is 0.292. The number of hydrogen-bond donors (Lipinski definition) is 3. The number of halogens is 1. The number of aromatic nitrogens is 1. The molecule has 3 N–H and O–H groups in total. The third kappa shape index (κ3) is 3.90. The zero-order chi connectivity index (χ0) is 20.8. The second-order valence-electron chi connectivity index (χ2n) is 8.42. The van der Waals surface area contributed by atoms with Crippen LogP contribution in [0.25, 0.3) is 16.5 Å². The number of hydrogen-bond acceptors (Lipinski definition) is 2. The van der Waals surface area contributed by atoms with Crippen molar-refractivity contribution in [2.24, 2.45) is 0 Å². The Balaban J connectivity index is 1.54. The Kier molecular flexibility index (Phi) is 4.91. The summed E-state index contributed by atoms with van der Waals surface area (Å²) >= 11 is 6.13. The SMILES string of the molecule is CC1=CC(C)(C)Nc2c(C(=O)NCCc3c[nH]c4ccc(Cl)cc34)cc(C)cc21. The highest BCUT2D eigenvalue weighted by molar-refractivity contribution is 6.31. The maximum absolute atomic E-state index is 13.0. The van der Waals surface area contributed by atoms with Crippen molar-refractivity contribution in [2.45, 2.75) is 39.7 Å². The molecule has 29 heavy (non-hydrogen) atoms. The van der Waals surface area contributed by atoms with Crippen molar-refractivity contribution in [1.29, 1.82) is 0 Å². The van der Waals surface area contributed by atoms with E-state index in [9.17, 15) is 4.79 Å². The fourth-order valence-corrected chi connectivity index (χ4v) is 4.32. The van der Waals surface area contributed by atoms with Crippen molar-refractivity contribution in [3.8, 4) is 0 Å². The molecule has 150 valence electrons. The summed E-state index contributed by atoms with van der Waals surface area (Å²) in [6.07, 6.45) is 4.93. The van der Waals surface area contributed by atoms with Gasteiger partial charge in [0.1, 0.15) is 0 Å². The first-order valence-electron chi connectivity index (χ1n) is 9.90. The second kappa shape index (κ2) is 7.27. The van der Waals surface area contributed by atoms with Crippen molar-refractivity contribution in [1.82, 2.24) is 10.3 Å². The lowest BCUT2D eigenvalue weighted by Gasteiger charge is -2.33. The number of anilines is 1. The largest absolute Gasteiger partial charge is 0.376 e. The summed E-state index contributed by atoms with van der Waals surface area (Å²) in [7, 11) is 0. The molecule has 0 fully saturated rings. The molecule has 4 nitrogen and oxygen atoms in total. The molecule has 5 heteroatoms. The van der Waals surface area contributed by atoms with Gasteiger partial charge in [0.15, 0.2) is 0 Å². The molecule has 0 bridgehead atoms. The standard InChI is InChI=1S/C24H26ClN3O/c1-14-9-18-15(2)12-24(3,4)28-22(18)20(10-14)23(29)26-8-7-16-13-27-21-6-5-17(25)11-19(16)21/h5-6,9-13,27-28H,7-8H2,1-4H3,(H,26,29). The van der Waals surface area contributed by atoms with Gasteiger partial charge in [-0.2, -0.15) is 0 Å². The van der Waals surface area contributed by atoms with Gasteiger partial charge in [-0.25, -0.2) is 0 Å². The molecule has 2 aromatic carbocycles. The molecule has 0 atom stereocenters. The molecule has 1 amide bonds. The number of H-pyrrole nitrogens is 1. The van der Waals surface area contributed by atoms with Crippen LogP contribution in [0.4, 0.5) is 5.69 Å². The van der Waals surface area contributed by atoms with Gasteiger partial charge in [0.2, 0.25) is 0 Å². The Labute approximate surface area is 176 Å². The number of carbonyl (C=O) groups is 1. The van der Waals surface area contributed by atoms with Crippen molar-refractivity contribution in [3.63, 3.8) is 0 Å². The van der Waals surface area contributed by atoms with Gasteiger partial charge >= 0.3 is 0 Å². The number of benzene rings is 2. The molecule has 1 aliphatic rings. The van der Waals surface area contributed by atoms with E-state index in [1.54, 1.807) is 0 Å². The number of aromatic amines is 1. The van der Waals surface area contributed by atoms with Gasteiger partial charge in [-0.05, 0) is 81.1 Å². The third-order valence-corrected chi connectivity index (χ3v) is 5.62. The lowest BCUT2D eigenvalue weighted by molar-refractivity contribution is 0.0955. The molecule has 1 aromatic heterocycles. The van der Waals surface area contributed by atoms with Gasteiger partial charge in [-0.1, -0.05) is 17.7 Å². The van der Waals surface area contributed by atoms with Gasteiger partial charge < -0.3 is 15.6 Å². The topological polar surface area (TPSA) is 56.9 Å². The van der Waals surface area contributed by atoms with Crippen LogP contribution in [0.5, 0.6) is 0 Å². The molecular formula is C24H26ClN3O. The predicted molar refractivity (Wildman–Crippen MR) is 122 cm³/mol. The monoisotopic (exact) mass is 407 g/mol. The highest BCUT2D eigenvalue weighted by Crippen LogP contribution is 2.36. The lowest BCUT2D eigenvalue weighted by atomic mass is 9.88. The van der Waals surface area contributed by atoms with E-state index in [0.717, 1.165) is 39.7 Å².